The van der Waals surface area contributed by atoms with E-state index in [4.69, 9.17) is 0 Å². The predicted molar refractivity (Wildman–Crippen MR) is 73.5 cm³/mol. The summed E-state index contributed by atoms with van der Waals surface area (Å²) in [6.45, 7) is 3.48. The van der Waals surface area contributed by atoms with Gasteiger partial charge in [0.05, 0.1) is 29.4 Å². The summed E-state index contributed by atoms with van der Waals surface area (Å²) in [5.41, 5.74) is -0.584. The lowest BCUT2D eigenvalue weighted by atomic mass is 10.1. The predicted octanol–water partition coefficient (Wildman–Crippen LogP) is 0.136. The highest BCUT2D eigenvalue weighted by Gasteiger charge is 2.31. The van der Waals surface area contributed by atoms with E-state index in [1.54, 1.807) is 20.9 Å². The van der Waals surface area contributed by atoms with Crippen molar-refractivity contribution >= 4 is 27.5 Å². The van der Waals surface area contributed by atoms with Crippen LogP contribution >= 0.6 is 11.8 Å². The van der Waals surface area contributed by atoms with Crippen molar-refractivity contribution in [1.29, 1.82) is 0 Å². The fraction of sp³-hybridized carbons (Fsp3) is 0.909. The fourth-order valence-electron chi connectivity index (χ4n) is 1.62. The minimum absolute atomic E-state index is 0.0320. The monoisotopic (exact) mass is 295 g/mol. The van der Waals surface area contributed by atoms with Crippen LogP contribution in [0.3, 0.4) is 0 Å². The molecule has 1 N–H and O–H groups in total. The van der Waals surface area contributed by atoms with Crippen molar-refractivity contribution in [2.75, 3.05) is 30.9 Å². The van der Waals surface area contributed by atoms with Gasteiger partial charge in [-0.05, 0) is 20.3 Å². The molecule has 0 aliphatic carbocycles. The van der Waals surface area contributed by atoms with Crippen molar-refractivity contribution in [1.82, 2.24) is 4.90 Å². The molecule has 1 aliphatic heterocycles. The number of aliphatic hydroxyl groups excluding tert-OH is 1. The molecule has 1 saturated heterocycles. The molecular weight excluding hydrogens is 274 g/mol. The Kier molecular flexibility index (Phi) is 5.08. The maximum Gasteiger partial charge on any atom is 0.232 e. The highest BCUT2D eigenvalue weighted by atomic mass is 32.2. The van der Waals surface area contributed by atoms with Gasteiger partial charge < -0.3 is 10.0 Å². The van der Waals surface area contributed by atoms with E-state index < -0.39 is 15.4 Å². The SMILES string of the molecule is CN(C(=O)CSC1CCS(=O)(=O)C1)C(C)(C)CO. The van der Waals surface area contributed by atoms with Crippen molar-refractivity contribution in [3.63, 3.8) is 0 Å². The van der Waals surface area contributed by atoms with Crippen molar-refractivity contribution in [3.8, 4) is 0 Å². The number of likely N-dealkylation sites (N-methyl/N-ethyl adjacent to an activating group) is 1. The Morgan fingerprint density at radius 2 is 2.11 bits per heavy atom. The van der Waals surface area contributed by atoms with Crippen LogP contribution < -0.4 is 0 Å². The molecule has 0 aromatic carbocycles. The lowest BCUT2D eigenvalue weighted by molar-refractivity contribution is -0.133. The number of amides is 1. The summed E-state index contributed by atoms with van der Waals surface area (Å²) in [5.74, 6) is 0.595. The normalized spacial score (nSPS) is 23.0. The van der Waals surface area contributed by atoms with E-state index in [9.17, 15) is 18.3 Å². The van der Waals surface area contributed by atoms with E-state index >= 15 is 0 Å². The second kappa shape index (κ2) is 5.79. The standard InChI is InChI=1S/C11H21NO4S2/c1-11(2,8-13)12(3)10(14)6-17-9-4-5-18(15,16)7-9/h9,13H,4-8H2,1-3H3. The van der Waals surface area contributed by atoms with Gasteiger partial charge in [-0.3, -0.25) is 4.79 Å². The Bertz CT molecular complexity index is 405. The van der Waals surface area contributed by atoms with Crippen LogP contribution in [0.15, 0.2) is 0 Å². The van der Waals surface area contributed by atoms with Gasteiger partial charge in [0.25, 0.3) is 0 Å². The number of sulfone groups is 1. The molecule has 1 rings (SSSR count). The van der Waals surface area contributed by atoms with Gasteiger partial charge in [0.2, 0.25) is 5.91 Å². The summed E-state index contributed by atoms with van der Waals surface area (Å²) in [4.78, 5) is 13.4. The zero-order valence-corrected chi connectivity index (χ0v) is 12.7. The lowest BCUT2D eigenvalue weighted by Crippen LogP contribution is -2.48. The molecule has 18 heavy (non-hydrogen) atoms. The average Bonchev–Trinajstić information content (AvgIpc) is 2.64. The van der Waals surface area contributed by atoms with E-state index in [0.29, 0.717) is 6.42 Å². The molecule has 0 spiro atoms. The van der Waals surface area contributed by atoms with E-state index in [2.05, 4.69) is 0 Å². The Hall–Kier alpha value is -0.270. The first kappa shape index (κ1) is 15.8. The highest BCUT2D eigenvalue weighted by molar-refractivity contribution is 8.02. The smallest absolute Gasteiger partial charge is 0.232 e. The number of thioether (sulfide) groups is 1. The Balaban J connectivity index is 2.43. The fourth-order valence-corrected chi connectivity index (χ4v) is 5.18. The first-order chi connectivity index (χ1) is 8.18. The Labute approximate surface area is 113 Å². The van der Waals surface area contributed by atoms with Gasteiger partial charge in [0.15, 0.2) is 9.84 Å². The number of nitrogens with zero attached hydrogens (tertiary/aromatic N) is 1. The number of carbonyl (C=O) groups excluding carboxylic acids is 1. The topological polar surface area (TPSA) is 74.7 Å². The van der Waals surface area contributed by atoms with Gasteiger partial charge in [-0.1, -0.05) is 0 Å². The van der Waals surface area contributed by atoms with Crippen molar-refractivity contribution in [3.05, 3.63) is 0 Å². The van der Waals surface area contributed by atoms with Crippen LogP contribution in [0.4, 0.5) is 0 Å². The number of rotatable bonds is 5. The second-order valence-corrected chi connectivity index (χ2v) is 8.78. The van der Waals surface area contributed by atoms with Gasteiger partial charge >= 0.3 is 0 Å². The molecule has 0 bridgehead atoms. The maximum absolute atomic E-state index is 11.9. The quantitative estimate of drug-likeness (QED) is 0.781. The number of hydrogen-bond acceptors (Lipinski definition) is 5. The summed E-state index contributed by atoms with van der Waals surface area (Å²) < 4.78 is 22.6. The number of hydrogen-bond donors (Lipinski definition) is 1. The molecule has 1 amide bonds. The lowest BCUT2D eigenvalue weighted by Gasteiger charge is -2.34. The molecule has 1 heterocycles. The van der Waals surface area contributed by atoms with Gasteiger partial charge in [0.1, 0.15) is 0 Å². The molecule has 0 radical (unpaired) electrons. The van der Waals surface area contributed by atoms with Crippen molar-refractivity contribution < 1.29 is 18.3 Å². The van der Waals surface area contributed by atoms with Crippen LogP contribution in [0.2, 0.25) is 0 Å². The summed E-state index contributed by atoms with van der Waals surface area (Å²) in [5, 5.41) is 9.21. The third kappa shape index (κ3) is 4.13. The third-order valence-electron chi connectivity index (χ3n) is 3.30. The Morgan fingerprint density at radius 1 is 1.50 bits per heavy atom. The number of aliphatic hydroxyl groups is 1. The summed E-state index contributed by atoms with van der Waals surface area (Å²) >= 11 is 1.40. The maximum atomic E-state index is 11.9. The highest BCUT2D eigenvalue weighted by Crippen LogP contribution is 2.25. The van der Waals surface area contributed by atoms with Crippen LogP contribution in [0, 0.1) is 0 Å². The number of carbonyl (C=O) groups is 1. The zero-order chi connectivity index (χ0) is 14.0. The van der Waals surface area contributed by atoms with Crippen LogP contribution in [-0.4, -0.2) is 66.0 Å². The third-order valence-corrected chi connectivity index (χ3v) is 6.57. The van der Waals surface area contributed by atoms with Crippen molar-refractivity contribution in [2.45, 2.75) is 31.1 Å². The molecule has 0 saturated carbocycles. The molecule has 5 nitrogen and oxygen atoms in total. The molecule has 1 atom stereocenters. The molecule has 7 heteroatoms. The molecule has 0 aromatic rings. The first-order valence-electron chi connectivity index (χ1n) is 5.87. The minimum Gasteiger partial charge on any atom is -0.394 e. The largest absolute Gasteiger partial charge is 0.394 e. The van der Waals surface area contributed by atoms with E-state index in [1.807, 2.05) is 0 Å². The van der Waals surface area contributed by atoms with Crippen LogP contribution in [0.25, 0.3) is 0 Å². The molecule has 1 aliphatic rings. The first-order valence-corrected chi connectivity index (χ1v) is 8.74. The molecular formula is C11H21NO4S2. The summed E-state index contributed by atoms with van der Waals surface area (Å²) in [7, 11) is -1.23. The van der Waals surface area contributed by atoms with Crippen LogP contribution in [0.1, 0.15) is 20.3 Å². The van der Waals surface area contributed by atoms with Crippen LogP contribution in [-0.2, 0) is 14.6 Å². The molecule has 1 unspecified atom stereocenters. The summed E-state index contributed by atoms with van der Waals surface area (Å²) in [6, 6.07) is 0. The second-order valence-electron chi connectivity index (χ2n) is 5.26. The minimum atomic E-state index is -2.88. The zero-order valence-electron chi connectivity index (χ0n) is 11.0. The van der Waals surface area contributed by atoms with E-state index in [-0.39, 0.29) is 35.0 Å². The van der Waals surface area contributed by atoms with E-state index in [0.717, 1.165) is 0 Å². The van der Waals surface area contributed by atoms with Gasteiger partial charge in [-0.2, -0.15) is 0 Å². The Morgan fingerprint density at radius 3 is 2.56 bits per heavy atom. The van der Waals surface area contributed by atoms with Gasteiger partial charge in [-0.15, -0.1) is 11.8 Å². The molecule has 1 fully saturated rings. The van der Waals surface area contributed by atoms with Crippen molar-refractivity contribution in [2.24, 2.45) is 0 Å². The van der Waals surface area contributed by atoms with E-state index in [1.165, 1.54) is 16.7 Å². The summed E-state index contributed by atoms with van der Waals surface area (Å²) in [6.07, 6.45) is 0.632. The van der Waals surface area contributed by atoms with Gasteiger partial charge in [-0.25, -0.2) is 8.42 Å². The average molecular weight is 295 g/mol. The van der Waals surface area contributed by atoms with Gasteiger partial charge in [0, 0.05) is 12.3 Å². The molecule has 106 valence electrons. The van der Waals surface area contributed by atoms with Crippen LogP contribution in [0.5, 0.6) is 0 Å². The molecule has 0 aromatic heterocycles.